The Labute approximate surface area is 235 Å². The maximum absolute atomic E-state index is 11.7. The van der Waals surface area contributed by atoms with E-state index in [0.717, 1.165) is 50.7 Å². The number of ether oxygens (including phenoxy) is 1. The van der Waals surface area contributed by atoms with Gasteiger partial charge in [-0.2, -0.15) is 5.10 Å². The molecule has 0 radical (unpaired) electrons. The van der Waals surface area contributed by atoms with E-state index in [9.17, 15) is 4.79 Å². The van der Waals surface area contributed by atoms with Crippen LogP contribution >= 0.6 is 51.6 Å². The SMILES string of the molecule is CCOC(=O)/C=C/c1ccc(/C(=C(/CC)c2ccc(Cl)cc2Cl)c2ccc3c(cnn3PI)c2)cc1. The van der Waals surface area contributed by atoms with Gasteiger partial charge in [-0.05, 0) is 99.1 Å². The van der Waals surface area contributed by atoms with Crippen LogP contribution in [0.3, 0.4) is 0 Å². The molecule has 4 rings (SSSR count). The lowest BCUT2D eigenvalue weighted by molar-refractivity contribution is -0.137. The summed E-state index contributed by atoms with van der Waals surface area (Å²) in [6.45, 7) is 4.27. The Balaban J connectivity index is 1.87. The zero-order valence-electron chi connectivity index (χ0n) is 19.8. The number of fused-ring (bicyclic) bond motifs is 1. The lowest BCUT2D eigenvalue weighted by Crippen LogP contribution is -1.98. The van der Waals surface area contributed by atoms with E-state index in [1.807, 2.05) is 34.9 Å². The summed E-state index contributed by atoms with van der Waals surface area (Å²) < 4.78 is 6.99. The number of hydrogen-bond donors (Lipinski definition) is 0. The van der Waals surface area contributed by atoms with Crippen molar-refractivity contribution in [1.82, 2.24) is 9.55 Å². The lowest BCUT2D eigenvalue weighted by Gasteiger charge is -2.18. The molecule has 36 heavy (non-hydrogen) atoms. The first-order valence-corrected chi connectivity index (χ1v) is 16.3. The number of nitrogens with zero attached hydrogens (tertiary/aromatic N) is 2. The van der Waals surface area contributed by atoms with Gasteiger partial charge in [0.25, 0.3) is 0 Å². The first kappa shape index (κ1) is 26.9. The fourth-order valence-corrected chi connectivity index (χ4v) is 6.19. The molecule has 0 aliphatic carbocycles. The molecule has 0 saturated carbocycles. The van der Waals surface area contributed by atoms with E-state index in [0.29, 0.717) is 23.0 Å². The number of aromatic nitrogens is 2. The number of carbonyl (C=O) groups is 1. The fraction of sp³-hybridized carbons (Fsp3) is 0.143. The Morgan fingerprint density at radius 3 is 2.47 bits per heavy atom. The zero-order chi connectivity index (χ0) is 25.7. The maximum atomic E-state index is 11.7. The minimum Gasteiger partial charge on any atom is -0.463 e. The zero-order valence-corrected chi connectivity index (χ0v) is 24.4. The highest BCUT2D eigenvalue weighted by Crippen LogP contribution is 2.39. The quantitative estimate of drug-likeness (QED) is 0.0629. The Morgan fingerprint density at radius 2 is 1.81 bits per heavy atom. The Morgan fingerprint density at radius 1 is 1.06 bits per heavy atom. The third-order valence-electron chi connectivity index (χ3n) is 5.75. The van der Waals surface area contributed by atoms with E-state index in [4.69, 9.17) is 27.9 Å². The van der Waals surface area contributed by atoms with Crippen LogP contribution in [0.1, 0.15) is 42.5 Å². The second-order valence-corrected chi connectivity index (χ2v) is 10.8. The van der Waals surface area contributed by atoms with Gasteiger partial charge in [0.1, 0.15) is 0 Å². The van der Waals surface area contributed by atoms with Crippen LogP contribution in [0.4, 0.5) is 0 Å². The number of allylic oxidation sites excluding steroid dienone is 1. The van der Waals surface area contributed by atoms with Gasteiger partial charge in [0.05, 0.1) is 24.7 Å². The van der Waals surface area contributed by atoms with Crippen molar-refractivity contribution in [1.29, 1.82) is 0 Å². The molecule has 1 atom stereocenters. The summed E-state index contributed by atoms with van der Waals surface area (Å²) in [5.74, 6) is -0.353. The molecule has 1 heterocycles. The van der Waals surface area contributed by atoms with Crippen LogP contribution in [-0.4, -0.2) is 22.1 Å². The normalized spacial score (nSPS) is 12.6. The van der Waals surface area contributed by atoms with Crippen LogP contribution in [0.5, 0.6) is 0 Å². The van der Waals surface area contributed by atoms with Crippen molar-refractivity contribution >= 4 is 85.7 Å². The topological polar surface area (TPSA) is 44.1 Å². The lowest BCUT2D eigenvalue weighted by atomic mass is 9.87. The third-order valence-corrected chi connectivity index (χ3v) is 8.18. The van der Waals surface area contributed by atoms with E-state index < -0.39 is 0 Å². The molecule has 1 aromatic heterocycles. The molecule has 4 nitrogen and oxygen atoms in total. The van der Waals surface area contributed by atoms with Crippen molar-refractivity contribution in [3.8, 4) is 0 Å². The first-order valence-electron chi connectivity index (χ1n) is 11.4. The molecule has 184 valence electrons. The summed E-state index contributed by atoms with van der Waals surface area (Å²) >= 11 is 15.2. The van der Waals surface area contributed by atoms with E-state index in [-0.39, 0.29) is 5.97 Å². The molecule has 0 aliphatic rings. The molecule has 4 aromatic rings. The van der Waals surface area contributed by atoms with Crippen molar-refractivity contribution in [3.63, 3.8) is 0 Å². The van der Waals surface area contributed by atoms with Crippen LogP contribution in [0.15, 0.2) is 72.9 Å². The monoisotopic (exact) mass is 648 g/mol. The summed E-state index contributed by atoms with van der Waals surface area (Å²) in [7, 11) is 0. The molecule has 0 amide bonds. The maximum Gasteiger partial charge on any atom is 0.330 e. The fourth-order valence-electron chi connectivity index (χ4n) is 4.12. The molecular weight excluding hydrogens is 625 g/mol. The Bertz CT molecular complexity index is 1460. The van der Waals surface area contributed by atoms with Gasteiger partial charge in [-0.25, -0.2) is 9.25 Å². The van der Waals surface area contributed by atoms with Gasteiger partial charge in [0.15, 0.2) is 0 Å². The van der Waals surface area contributed by atoms with E-state index >= 15 is 0 Å². The molecule has 0 fully saturated rings. The van der Waals surface area contributed by atoms with Gasteiger partial charge >= 0.3 is 5.97 Å². The number of benzene rings is 3. The standard InChI is InChI=1S/C28H24Cl2IN2O2P/c1-3-23(24-12-11-22(29)16-25(24)30)28(20-10-13-26-21(15-20)17-32-33(26)36-31)19-8-5-18(6-9-19)7-14-27(34)35-4-2/h5-17,36H,3-4H2,1-2H3/b14-7+,28-23+. The molecule has 8 heteroatoms. The molecule has 0 N–H and O–H groups in total. The average Bonchev–Trinajstić information content (AvgIpc) is 3.29. The van der Waals surface area contributed by atoms with Gasteiger partial charge in [-0.3, -0.25) is 0 Å². The molecule has 0 aliphatic heterocycles. The molecule has 3 aromatic carbocycles. The summed E-state index contributed by atoms with van der Waals surface area (Å²) in [5.41, 5.74) is 7.31. The van der Waals surface area contributed by atoms with Crippen LogP contribution in [-0.2, 0) is 9.53 Å². The van der Waals surface area contributed by atoms with Crippen LogP contribution in [0.25, 0.3) is 28.1 Å². The van der Waals surface area contributed by atoms with E-state index in [2.05, 4.69) is 64.4 Å². The second kappa shape index (κ2) is 12.4. The summed E-state index contributed by atoms with van der Waals surface area (Å²) in [6.07, 6.45) is 6.41. The molecule has 0 spiro atoms. The van der Waals surface area contributed by atoms with E-state index in [1.54, 1.807) is 19.1 Å². The molecule has 1 unspecified atom stereocenters. The largest absolute Gasteiger partial charge is 0.463 e. The van der Waals surface area contributed by atoms with Gasteiger partial charge < -0.3 is 4.74 Å². The second-order valence-electron chi connectivity index (χ2n) is 7.95. The first-order chi connectivity index (χ1) is 17.4. The predicted octanol–water partition coefficient (Wildman–Crippen LogP) is 9.08. The van der Waals surface area contributed by atoms with Gasteiger partial charge in [-0.15, -0.1) is 0 Å². The average molecular weight is 649 g/mol. The summed E-state index contributed by atoms with van der Waals surface area (Å²) in [6, 6.07) is 20.2. The van der Waals surface area contributed by atoms with Crippen LogP contribution in [0, 0.1) is 0 Å². The van der Waals surface area contributed by atoms with Crippen molar-refractivity contribution in [3.05, 3.63) is 105 Å². The minimum atomic E-state index is -0.353. The number of halogens is 3. The van der Waals surface area contributed by atoms with Gasteiger partial charge in [0.2, 0.25) is 0 Å². The van der Waals surface area contributed by atoms with E-state index in [1.165, 1.54) is 6.08 Å². The number of hydrogen-bond acceptors (Lipinski definition) is 3. The highest BCUT2D eigenvalue weighted by molar-refractivity contribution is 14.2. The molecule has 0 bridgehead atoms. The molecular formula is C28H24Cl2IN2O2P. The Kier molecular flexibility index (Phi) is 9.24. The Hall–Kier alpha value is -2.18. The van der Waals surface area contributed by atoms with Crippen LogP contribution < -0.4 is 0 Å². The highest BCUT2D eigenvalue weighted by atomic mass is 127. The smallest absolute Gasteiger partial charge is 0.330 e. The summed E-state index contributed by atoms with van der Waals surface area (Å²) in [4.78, 5) is 11.7. The third kappa shape index (κ3) is 6.03. The minimum absolute atomic E-state index is 0.352. The molecule has 0 saturated heterocycles. The van der Waals surface area contributed by atoms with Gasteiger partial charge in [0, 0.05) is 21.5 Å². The van der Waals surface area contributed by atoms with Crippen molar-refractivity contribution in [2.75, 3.05) is 6.61 Å². The number of rotatable bonds is 8. The highest BCUT2D eigenvalue weighted by Gasteiger charge is 2.17. The van der Waals surface area contributed by atoms with Gasteiger partial charge in [-0.1, -0.05) is 66.5 Å². The number of carbonyl (C=O) groups excluding carboxylic acids is 1. The van der Waals surface area contributed by atoms with Crippen LogP contribution in [0.2, 0.25) is 10.0 Å². The predicted molar refractivity (Wildman–Crippen MR) is 162 cm³/mol. The summed E-state index contributed by atoms with van der Waals surface area (Å²) in [5, 5.41) is 6.82. The van der Waals surface area contributed by atoms with Crippen molar-refractivity contribution in [2.24, 2.45) is 0 Å². The number of esters is 1. The van der Waals surface area contributed by atoms with Crippen molar-refractivity contribution < 1.29 is 9.53 Å². The van der Waals surface area contributed by atoms with Crippen molar-refractivity contribution in [2.45, 2.75) is 20.3 Å².